The average molecular weight is 275 g/mol. The van der Waals surface area contributed by atoms with Gasteiger partial charge in [-0.2, -0.15) is 0 Å². The van der Waals surface area contributed by atoms with Gasteiger partial charge in [0.15, 0.2) is 0 Å². The second-order valence-electron chi connectivity index (χ2n) is 6.25. The van der Waals surface area contributed by atoms with Gasteiger partial charge in [-0.05, 0) is 17.5 Å². The van der Waals surface area contributed by atoms with Crippen LogP contribution in [0.2, 0.25) is 0 Å². The Labute approximate surface area is 121 Å². The van der Waals surface area contributed by atoms with E-state index in [4.69, 9.17) is 4.74 Å². The Hall–Kier alpha value is -0.970. The molecule has 1 atom stereocenters. The third-order valence-corrected chi connectivity index (χ3v) is 4.37. The van der Waals surface area contributed by atoms with Crippen molar-refractivity contribution >= 4 is 0 Å². The van der Waals surface area contributed by atoms with E-state index in [9.17, 15) is 0 Å². The van der Waals surface area contributed by atoms with Crippen LogP contribution in [0.4, 0.5) is 0 Å². The Bertz CT molecular complexity index is 432. The van der Waals surface area contributed by atoms with E-state index < -0.39 is 0 Å². The highest BCUT2D eigenvalue weighted by Crippen LogP contribution is 2.17. The van der Waals surface area contributed by atoms with Crippen LogP contribution in [0, 0.1) is 0 Å². The first-order valence-electron chi connectivity index (χ1n) is 7.71. The van der Waals surface area contributed by atoms with Crippen molar-refractivity contribution in [3.8, 4) is 0 Å². The maximum atomic E-state index is 5.60. The molecule has 3 heterocycles. The largest absolute Gasteiger partial charge is 0.378 e. The Morgan fingerprint density at radius 3 is 2.95 bits per heavy atom. The summed E-state index contributed by atoms with van der Waals surface area (Å²) in [6, 6.07) is 4.98. The third-order valence-electron chi connectivity index (χ3n) is 4.37. The van der Waals surface area contributed by atoms with Gasteiger partial charge in [-0.1, -0.05) is 19.9 Å². The van der Waals surface area contributed by atoms with E-state index in [1.807, 2.05) is 6.20 Å². The smallest absolute Gasteiger partial charge is 0.0634 e. The van der Waals surface area contributed by atoms with Crippen LogP contribution in [0.5, 0.6) is 0 Å². The molecule has 2 saturated heterocycles. The standard InChI is InChI=1S/C16H25N3O/c1-13(2)16-4-3-14(9-17-16)10-18-5-6-19-7-8-20-12-15(19)11-18/h3-4,9,13,15H,5-8,10-12H2,1-2H3. The number of nitrogens with zero attached hydrogens (tertiary/aromatic N) is 3. The number of morpholine rings is 1. The van der Waals surface area contributed by atoms with Crippen LogP contribution >= 0.6 is 0 Å². The van der Waals surface area contributed by atoms with Gasteiger partial charge in [0.2, 0.25) is 0 Å². The lowest BCUT2D eigenvalue weighted by Crippen LogP contribution is -2.57. The fraction of sp³-hybridized carbons (Fsp3) is 0.688. The van der Waals surface area contributed by atoms with E-state index in [2.05, 4.69) is 40.8 Å². The molecule has 3 rings (SSSR count). The van der Waals surface area contributed by atoms with Gasteiger partial charge in [-0.15, -0.1) is 0 Å². The summed E-state index contributed by atoms with van der Waals surface area (Å²) in [4.78, 5) is 9.66. The lowest BCUT2D eigenvalue weighted by Gasteiger charge is -2.43. The Kier molecular flexibility index (Phi) is 4.34. The summed E-state index contributed by atoms with van der Waals surface area (Å²) < 4.78 is 5.60. The van der Waals surface area contributed by atoms with E-state index in [1.165, 1.54) is 17.8 Å². The highest BCUT2D eigenvalue weighted by Gasteiger charge is 2.29. The summed E-state index contributed by atoms with van der Waals surface area (Å²) in [6.45, 7) is 11.7. The summed E-state index contributed by atoms with van der Waals surface area (Å²) in [5, 5.41) is 0. The Balaban J connectivity index is 1.57. The highest BCUT2D eigenvalue weighted by molar-refractivity contribution is 5.16. The minimum absolute atomic E-state index is 0.506. The van der Waals surface area contributed by atoms with Gasteiger partial charge in [-0.25, -0.2) is 0 Å². The zero-order valence-corrected chi connectivity index (χ0v) is 12.6. The molecule has 1 unspecified atom stereocenters. The van der Waals surface area contributed by atoms with Crippen molar-refractivity contribution in [3.63, 3.8) is 0 Å². The second-order valence-corrected chi connectivity index (χ2v) is 6.25. The second kappa shape index (κ2) is 6.20. The number of ether oxygens (including phenoxy) is 1. The van der Waals surface area contributed by atoms with Crippen LogP contribution in [0.3, 0.4) is 0 Å². The first-order valence-corrected chi connectivity index (χ1v) is 7.71. The molecule has 0 aromatic carbocycles. The van der Waals surface area contributed by atoms with Crippen molar-refractivity contribution in [2.24, 2.45) is 0 Å². The molecule has 1 aromatic heterocycles. The predicted octanol–water partition coefficient (Wildman–Crippen LogP) is 1.72. The average Bonchev–Trinajstić information content (AvgIpc) is 2.48. The quantitative estimate of drug-likeness (QED) is 0.840. The molecule has 0 N–H and O–H groups in total. The van der Waals surface area contributed by atoms with Gasteiger partial charge < -0.3 is 4.74 Å². The summed E-state index contributed by atoms with van der Waals surface area (Å²) >= 11 is 0. The number of fused-ring (bicyclic) bond motifs is 1. The fourth-order valence-corrected chi connectivity index (χ4v) is 3.08. The van der Waals surface area contributed by atoms with Crippen LogP contribution < -0.4 is 0 Å². The van der Waals surface area contributed by atoms with Crippen LogP contribution in [0.1, 0.15) is 31.0 Å². The van der Waals surface area contributed by atoms with Gasteiger partial charge in [0.05, 0.1) is 13.2 Å². The first kappa shape index (κ1) is 14.0. The maximum absolute atomic E-state index is 5.60. The first-order chi connectivity index (χ1) is 9.72. The molecule has 2 aliphatic rings. The van der Waals surface area contributed by atoms with E-state index in [1.54, 1.807) is 0 Å². The summed E-state index contributed by atoms with van der Waals surface area (Å²) in [5.41, 5.74) is 2.50. The SMILES string of the molecule is CC(C)c1ccc(CN2CCN3CCOCC3C2)cn1. The maximum Gasteiger partial charge on any atom is 0.0634 e. The Morgan fingerprint density at radius 1 is 1.30 bits per heavy atom. The zero-order chi connectivity index (χ0) is 13.9. The summed E-state index contributed by atoms with van der Waals surface area (Å²) in [6.07, 6.45) is 2.04. The van der Waals surface area contributed by atoms with Crippen LogP contribution in [0.15, 0.2) is 18.3 Å². The minimum Gasteiger partial charge on any atom is -0.378 e. The predicted molar refractivity (Wildman–Crippen MR) is 79.8 cm³/mol. The van der Waals surface area contributed by atoms with Gasteiger partial charge in [0.1, 0.15) is 0 Å². The molecule has 4 heteroatoms. The number of aromatic nitrogens is 1. The van der Waals surface area contributed by atoms with Gasteiger partial charge >= 0.3 is 0 Å². The summed E-state index contributed by atoms with van der Waals surface area (Å²) in [5.74, 6) is 0.506. The molecule has 1 aromatic rings. The number of hydrogen-bond acceptors (Lipinski definition) is 4. The van der Waals surface area contributed by atoms with Gasteiger partial charge in [0.25, 0.3) is 0 Å². The van der Waals surface area contributed by atoms with Crippen molar-refractivity contribution in [2.75, 3.05) is 39.4 Å². The van der Waals surface area contributed by atoms with E-state index >= 15 is 0 Å². The molecular formula is C16H25N3O. The highest BCUT2D eigenvalue weighted by atomic mass is 16.5. The number of hydrogen-bond donors (Lipinski definition) is 0. The van der Waals surface area contributed by atoms with E-state index in [0.29, 0.717) is 12.0 Å². The van der Waals surface area contributed by atoms with Gasteiger partial charge in [-0.3, -0.25) is 14.8 Å². The van der Waals surface area contributed by atoms with Crippen molar-refractivity contribution in [2.45, 2.75) is 32.4 Å². The molecule has 0 bridgehead atoms. The topological polar surface area (TPSA) is 28.6 Å². The molecule has 0 saturated carbocycles. The normalized spacial score (nSPS) is 24.9. The van der Waals surface area contributed by atoms with E-state index in [-0.39, 0.29) is 0 Å². The van der Waals surface area contributed by atoms with Crippen molar-refractivity contribution in [1.82, 2.24) is 14.8 Å². The van der Waals surface area contributed by atoms with Gasteiger partial charge in [0, 0.05) is 50.7 Å². The molecule has 0 spiro atoms. The fourth-order valence-electron chi connectivity index (χ4n) is 3.08. The van der Waals surface area contributed by atoms with Crippen molar-refractivity contribution in [1.29, 1.82) is 0 Å². The van der Waals surface area contributed by atoms with Crippen LogP contribution in [-0.2, 0) is 11.3 Å². The number of pyridine rings is 1. The lowest BCUT2D eigenvalue weighted by molar-refractivity contribution is -0.0461. The van der Waals surface area contributed by atoms with Crippen LogP contribution in [0.25, 0.3) is 0 Å². The molecule has 20 heavy (non-hydrogen) atoms. The number of rotatable bonds is 3. The van der Waals surface area contributed by atoms with E-state index in [0.717, 1.165) is 39.4 Å². The van der Waals surface area contributed by atoms with Crippen LogP contribution in [-0.4, -0.2) is 60.2 Å². The van der Waals surface area contributed by atoms with Crippen molar-refractivity contribution < 1.29 is 4.74 Å². The molecule has 0 radical (unpaired) electrons. The molecule has 2 fully saturated rings. The van der Waals surface area contributed by atoms with Crippen molar-refractivity contribution in [3.05, 3.63) is 29.6 Å². The third kappa shape index (κ3) is 3.19. The Morgan fingerprint density at radius 2 is 2.20 bits per heavy atom. The molecule has 0 amide bonds. The molecule has 2 aliphatic heterocycles. The lowest BCUT2D eigenvalue weighted by atomic mass is 10.1. The molecule has 4 nitrogen and oxygen atoms in total. The monoisotopic (exact) mass is 275 g/mol. The molecular weight excluding hydrogens is 250 g/mol. The molecule has 0 aliphatic carbocycles. The zero-order valence-electron chi connectivity index (χ0n) is 12.6. The molecule has 110 valence electrons. The summed E-state index contributed by atoms with van der Waals surface area (Å²) in [7, 11) is 0. The number of piperazine rings is 1. The minimum atomic E-state index is 0.506.